The summed E-state index contributed by atoms with van der Waals surface area (Å²) in [5.41, 5.74) is 1.71. The lowest BCUT2D eigenvalue weighted by Crippen LogP contribution is -2.46. The number of piperazine rings is 1. The fourth-order valence-electron chi connectivity index (χ4n) is 3.36. The number of ether oxygens (including phenoxy) is 1. The zero-order valence-electron chi connectivity index (χ0n) is 16.2. The summed E-state index contributed by atoms with van der Waals surface area (Å²) in [6.07, 6.45) is 0. The highest BCUT2D eigenvalue weighted by Crippen LogP contribution is 2.25. The van der Waals surface area contributed by atoms with E-state index in [2.05, 4.69) is 15.1 Å². The SMILES string of the molecule is COCC(=O)Nc1ccc(N2CCN(Cc3ccccc3F)CC2)cc1C(=O)O. The van der Waals surface area contributed by atoms with Gasteiger partial charge in [-0.25, -0.2) is 9.18 Å². The van der Waals surface area contributed by atoms with Crippen molar-refractivity contribution in [2.45, 2.75) is 6.54 Å². The molecule has 1 aliphatic heterocycles. The number of benzene rings is 2. The molecule has 2 N–H and O–H groups in total. The van der Waals surface area contributed by atoms with Crippen molar-refractivity contribution < 1.29 is 23.8 Å². The van der Waals surface area contributed by atoms with Gasteiger partial charge in [-0.05, 0) is 24.3 Å². The molecule has 0 unspecified atom stereocenters. The van der Waals surface area contributed by atoms with Crippen molar-refractivity contribution in [2.24, 2.45) is 0 Å². The Hall–Kier alpha value is -2.97. The van der Waals surface area contributed by atoms with E-state index < -0.39 is 11.9 Å². The number of hydrogen-bond donors (Lipinski definition) is 2. The van der Waals surface area contributed by atoms with E-state index >= 15 is 0 Å². The second kappa shape index (κ2) is 9.49. The number of anilines is 2. The van der Waals surface area contributed by atoms with Gasteiger partial charge in [0.05, 0.1) is 11.3 Å². The zero-order chi connectivity index (χ0) is 20.8. The molecule has 1 saturated heterocycles. The molecule has 2 aromatic rings. The summed E-state index contributed by atoms with van der Waals surface area (Å²) >= 11 is 0. The number of rotatable bonds is 7. The summed E-state index contributed by atoms with van der Waals surface area (Å²) < 4.78 is 18.6. The fraction of sp³-hybridized carbons (Fsp3) is 0.333. The molecule has 1 amide bonds. The molecule has 0 saturated carbocycles. The van der Waals surface area contributed by atoms with E-state index in [1.807, 2.05) is 6.07 Å². The molecular formula is C21H24FN3O4. The maximum atomic E-state index is 13.9. The first-order valence-corrected chi connectivity index (χ1v) is 9.34. The van der Waals surface area contributed by atoms with Crippen LogP contribution in [-0.2, 0) is 16.1 Å². The topological polar surface area (TPSA) is 82.1 Å². The average Bonchev–Trinajstić information content (AvgIpc) is 2.71. The summed E-state index contributed by atoms with van der Waals surface area (Å²) in [6, 6.07) is 11.7. The van der Waals surface area contributed by atoms with Crippen LogP contribution < -0.4 is 10.2 Å². The van der Waals surface area contributed by atoms with E-state index in [9.17, 15) is 19.1 Å². The molecule has 0 radical (unpaired) electrons. The third kappa shape index (κ3) is 5.30. The largest absolute Gasteiger partial charge is 0.478 e. The molecule has 7 nitrogen and oxygen atoms in total. The van der Waals surface area contributed by atoms with Gasteiger partial charge in [0, 0.05) is 51.1 Å². The molecule has 8 heteroatoms. The van der Waals surface area contributed by atoms with Crippen molar-refractivity contribution in [1.29, 1.82) is 0 Å². The normalized spacial score (nSPS) is 14.6. The van der Waals surface area contributed by atoms with Crippen LogP contribution in [0, 0.1) is 5.82 Å². The van der Waals surface area contributed by atoms with E-state index in [1.54, 1.807) is 30.3 Å². The minimum Gasteiger partial charge on any atom is -0.478 e. The van der Waals surface area contributed by atoms with Crippen LogP contribution in [0.25, 0.3) is 0 Å². The molecule has 0 atom stereocenters. The summed E-state index contributed by atoms with van der Waals surface area (Å²) in [6.45, 7) is 3.27. The number of nitrogens with one attached hydrogen (secondary N) is 1. The molecule has 3 rings (SSSR count). The third-order valence-electron chi connectivity index (χ3n) is 4.87. The zero-order valence-corrected chi connectivity index (χ0v) is 16.2. The lowest BCUT2D eigenvalue weighted by atomic mass is 10.1. The predicted molar refractivity (Wildman–Crippen MR) is 108 cm³/mol. The number of carbonyl (C=O) groups excluding carboxylic acids is 1. The van der Waals surface area contributed by atoms with Crippen molar-refractivity contribution in [3.05, 3.63) is 59.4 Å². The summed E-state index contributed by atoms with van der Waals surface area (Å²) in [4.78, 5) is 27.6. The second-order valence-corrected chi connectivity index (χ2v) is 6.87. The maximum Gasteiger partial charge on any atom is 0.337 e. The molecule has 0 bridgehead atoms. The van der Waals surface area contributed by atoms with Gasteiger partial charge >= 0.3 is 5.97 Å². The minimum atomic E-state index is -1.11. The third-order valence-corrected chi connectivity index (χ3v) is 4.87. The van der Waals surface area contributed by atoms with Crippen LogP contribution in [0.3, 0.4) is 0 Å². The van der Waals surface area contributed by atoms with E-state index in [4.69, 9.17) is 4.74 Å². The highest BCUT2D eigenvalue weighted by atomic mass is 19.1. The lowest BCUT2D eigenvalue weighted by Gasteiger charge is -2.36. The van der Waals surface area contributed by atoms with E-state index in [-0.39, 0.29) is 23.7 Å². The summed E-state index contributed by atoms with van der Waals surface area (Å²) in [7, 11) is 1.40. The highest BCUT2D eigenvalue weighted by molar-refractivity contribution is 6.01. The van der Waals surface area contributed by atoms with Crippen molar-refractivity contribution in [3.63, 3.8) is 0 Å². The van der Waals surface area contributed by atoms with Gasteiger partial charge in [0.1, 0.15) is 12.4 Å². The number of halogens is 1. The Morgan fingerprint density at radius 2 is 1.86 bits per heavy atom. The number of methoxy groups -OCH3 is 1. The molecule has 1 heterocycles. The molecule has 2 aromatic carbocycles. The van der Waals surface area contributed by atoms with E-state index in [0.717, 1.165) is 18.8 Å². The van der Waals surface area contributed by atoms with Crippen molar-refractivity contribution >= 4 is 23.3 Å². The molecule has 0 aromatic heterocycles. The maximum absolute atomic E-state index is 13.9. The number of aromatic carboxylic acids is 1. The molecule has 154 valence electrons. The summed E-state index contributed by atoms with van der Waals surface area (Å²) in [5.74, 6) is -1.73. The molecule has 0 spiro atoms. The van der Waals surface area contributed by atoms with Crippen LogP contribution in [0.2, 0.25) is 0 Å². The molecule has 29 heavy (non-hydrogen) atoms. The van der Waals surface area contributed by atoms with E-state index in [0.29, 0.717) is 25.2 Å². The van der Waals surface area contributed by atoms with Gasteiger partial charge in [-0.3, -0.25) is 9.69 Å². The highest BCUT2D eigenvalue weighted by Gasteiger charge is 2.21. The van der Waals surface area contributed by atoms with Crippen LogP contribution >= 0.6 is 0 Å². The Bertz CT molecular complexity index is 882. The van der Waals surface area contributed by atoms with Crippen molar-refractivity contribution in [3.8, 4) is 0 Å². The van der Waals surface area contributed by atoms with Crippen LogP contribution in [0.5, 0.6) is 0 Å². The molecule has 1 fully saturated rings. The average molecular weight is 401 g/mol. The standard InChI is InChI=1S/C21H24FN3O4/c1-29-14-20(26)23-19-7-6-16(12-17(19)21(27)28)25-10-8-24(9-11-25)13-15-4-2-3-5-18(15)22/h2-7,12H,8-11,13-14H2,1H3,(H,23,26)(H,27,28). The van der Waals surface area contributed by atoms with Gasteiger partial charge < -0.3 is 20.1 Å². The van der Waals surface area contributed by atoms with Crippen LogP contribution in [-0.4, -0.2) is 61.8 Å². The first-order chi connectivity index (χ1) is 14.0. The fourth-order valence-corrected chi connectivity index (χ4v) is 3.36. The lowest BCUT2D eigenvalue weighted by molar-refractivity contribution is -0.119. The minimum absolute atomic E-state index is 0.0285. The number of carbonyl (C=O) groups is 2. The molecule has 0 aliphatic carbocycles. The predicted octanol–water partition coefficient (Wildman–Crippen LogP) is 2.43. The quantitative estimate of drug-likeness (QED) is 0.742. The number of nitrogens with zero attached hydrogens (tertiary/aromatic N) is 2. The number of carboxylic acid groups (broad SMARTS) is 1. The summed E-state index contributed by atoms with van der Waals surface area (Å²) in [5, 5.41) is 12.1. The second-order valence-electron chi connectivity index (χ2n) is 6.87. The van der Waals surface area contributed by atoms with Crippen molar-refractivity contribution in [2.75, 3.05) is 50.1 Å². The van der Waals surface area contributed by atoms with Gasteiger partial charge in [-0.1, -0.05) is 18.2 Å². The van der Waals surface area contributed by atoms with Gasteiger partial charge in [0.15, 0.2) is 0 Å². The Balaban J connectivity index is 1.65. The molecular weight excluding hydrogens is 377 g/mol. The van der Waals surface area contributed by atoms with Crippen LogP contribution in [0.15, 0.2) is 42.5 Å². The van der Waals surface area contributed by atoms with Gasteiger partial charge in [-0.15, -0.1) is 0 Å². The first-order valence-electron chi connectivity index (χ1n) is 9.34. The Morgan fingerprint density at radius 3 is 2.52 bits per heavy atom. The van der Waals surface area contributed by atoms with Gasteiger partial charge in [-0.2, -0.15) is 0 Å². The number of amides is 1. The molecule has 1 aliphatic rings. The monoisotopic (exact) mass is 401 g/mol. The van der Waals surface area contributed by atoms with Crippen molar-refractivity contribution in [1.82, 2.24) is 4.90 Å². The van der Waals surface area contributed by atoms with Gasteiger partial charge in [0.25, 0.3) is 0 Å². The van der Waals surface area contributed by atoms with E-state index in [1.165, 1.54) is 13.2 Å². The smallest absolute Gasteiger partial charge is 0.337 e. The number of carboxylic acids is 1. The van der Waals surface area contributed by atoms with Gasteiger partial charge in [0.2, 0.25) is 5.91 Å². The van der Waals surface area contributed by atoms with Crippen LogP contribution in [0.4, 0.5) is 15.8 Å². The van der Waals surface area contributed by atoms with Crippen LogP contribution in [0.1, 0.15) is 15.9 Å². The Kier molecular flexibility index (Phi) is 6.79. The Labute approximate surface area is 168 Å². The Morgan fingerprint density at radius 1 is 1.14 bits per heavy atom. The first kappa shape index (κ1) is 20.8. The number of hydrogen-bond acceptors (Lipinski definition) is 5.